The van der Waals surface area contributed by atoms with Gasteiger partial charge in [0.2, 0.25) is 11.8 Å². The number of primary amides is 1. The Hall–Kier alpha value is -3.64. The Labute approximate surface area is 207 Å². The molecular formula is C29H32N3O3. The van der Waals surface area contributed by atoms with Crippen LogP contribution in [0.4, 0.5) is 0 Å². The smallest absolute Gasteiger partial charge is 0.249 e. The van der Waals surface area contributed by atoms with Crippen molar-refractivity contribution in [1.29, 1.82) is 0 Å². The van der Waals surface area contributed by atoms with Crippen LogP contribution in [0.2, 0.25) is 0 Å². The van der Waals surface area contributed by atoms with Gasteiger partial charge in [-0.25, -0.2) is 0 Å². The normalized spacial score (nSPS) is 13.8. The van der Waals surface area contributed by atoms with Crippen LogP contribution in [0.3, 0.4) is 0 Å². The molecule has 0 spiro atoms. The van der Waals surface area contributed by atoms with Gasteiger partial charge in [-0.2, -0.15) is 0 Å². The highest BCUT2D eigenvalue weighted by Gasteiger charge is 2.26. The highest BCUT2D eigenvalue weighted by Crippen LogP contribution is 2.22. The van der Waals surface area contributed by atoms with Gasteiger partial charge in [-0.05, 0) is 61.2 Å². The maximum atomic E-state index is 13.3. The molecule has 2 amide bonds. The lowest BCUT2D eigenvalue weighted by atomic mass is 9.99. The average molecular weight is 471 g/mol. The summed E-state index contributed by atoms with van der Waals surface area (Å²) in [7, 11) is 0. The molecule has 3 N–H and O–H groups in total. The summed E-state index contributed by atoms with van der Waals surface area (Å²) in [5.74, 6) is 0.00391. The lowest BCUT2D eigenvalue weighted by molar-refractivity contribution is -0.131. The van der Waals surface area contributed by atoms with E-state index in [-0.39, 0.29) is 11.9 Å². The molecule has 0 saturated carbocycles. The Kier molecular flexibility index (Phi) is 8.52. The fraction of sp³-hybridized carbons (Fsp3) is 0.276. The quantitative estimate of drug-likeness (QED) is 0.471. The van der Waals surface area contributed by atoms with Crippen LogP contribution in [0.25, 0.3) is 0 Å². The predicted octanol–water partition coefficient (Wildman–Crippen LogP) is 3.89. The minimum atomic E-state index is -0.537. The van der Waals surface area contributed by atoms with Crippen molar-refractivity contribution >= 4 is 11.8 Å². The fourth-order valence-corrected chi connectivity index (χ4v) is 4.39. The lowest BCUT2D eigenvalue weighted by Gasteiger charge is -2.35. The third-order valence-electron chi connectivity index (χ3n) is 6.32. The van der Waals surface area contributed by atoms with E-state index in [1.54, 1.807) is 12.5 Å². The molecule has 0 aromatic heterocycles. The van der Waals surface area contributed by atoms with E-state index in [9.17, 15) is 9.59 Å². The molecule has 3 aromatic carbocycles. The largest absolute Gasteiger partial charge is 0.489 e. The highest BCUT2D eigenvalue weighted by atomic mass is 16.5. The monoisotopic (exact) mass is 470 g/mol. The van der Waals surface area contributed by atoms with Crippen molar-refractivity contribution in [3.63, 3.8) is 0 Å². The Morgan fingerprint density at radius 2 is 1.60 bits per heavy atom. The summed E-state index contributed by atoms with van der Waals surface area (Å²) in [4.78, 5) is 27.5. The molecule has 1 saturated heterocycles. The number of hydrogen-bond acceptors (Lipinski definition) is 4. The number of carbonyl (C=O) groups is 2. The molecule has 181 valence electrons. The van der Waals surface area contributed by atoms with Crippen LogP contribution >= 0.6 is 0 Å². The first-order valence-electron chi connectivity index (χ1n) is 12.1. The van der Waals surface area contributed by atoms with Crippen LogP contribution in [-0.2, 0) is 24.4 Å². The Morgan fingerprint density at radius 3 is 2.26 bits per heavy atom. The molecule has 1 fully saturated rings. The summed E-state index contributed by atoms with van der Waals surface area (Å²) in [6.07, 6.45) is 3.84. The van der Waals surface area contributed by atoms with Crippen LogP contribution in [-0.4, -0.2) is 35.8 Å². The molecular weight excluding hydrogens is 438 g/mol. The maximum absolute atomic E-state index is 13.3. The number of hydrogen-bond donors (Lipinski definition) is 2. The minimum absolute atomic E-state index is 0.0272. The van der Waals surface area contributed by atoms with Crippen molar-refractivity contribution in [2.45, 2.75) is 38.5 Å². The van der Waals surface area contributed by atoms with E-state index in [1.165, 1.54) is 0 Å². The fourth-order valence-electron chi connectivity index (χ4n) is 4.39. The molecule has 0 aliphatic carbocycles. The average Bonchev–Trinajstić information content (AvgIpc) is 2.91. The second-order valence-electron chi connectivity index (χ2n) is 8.80. The molecule has 1 aliphatic rings. The molecule has 1 heterocycles. The van der Waals surface area contributed by atoms with Gasteiger partial charge in [-0.1, -0.05) is 66.7 Å². The van der Waals surface area contributed by atoms with Gasteiger partial charge in [0.15, 0.2) is 0 Å². The van der Waals surface area contributed by atoms with E-state index in [0.717, 1.165) is 37.1 Å². The molecule has 4 rings (SSSR count). The van der Waals surface area contributed by atoms with Crippen LogP contribution < -0.4 is 15.8 Å². The Bertz CT molecular complexity index is 1110. The van der Waals surface area contributed by atoms with E-state index in [4.69, 9.17) is 10.5 Å². The van der Waals surface area contributed by atoms with Crippen molar-refractivity contribution in [3.05, 3.63) is 108 Å². The molecule has 1 aliphatic heterocycles. The second kappa shape index (κ2) is 12.2. The summed E-state index contributed by atoms with van der Waals surface area (Å²) in [5.41, 5.74) is 8.88. The topological polar surface area (TPSA) is 84.7 Å². The van der Waals surface area contributed by atoms with Crippen LogP contribution in [0.15, 0.2) is 78.9 Å². The number of nitrogens with zero attached hydrogens (tertiary/aromatic N) is 1. The van der Waals surface area contributed by atoms with Gasteiger partial charge in [-0.15, -0.1) is 0 Å². The number of amides is 2. The van der Waals surface area contributed by atoms with Gasteiger partial charge >= 0.3 is 0 Å². The van der Waals surface area contributed by atoms with E-state index < -0.39 is 5.91 Å². The number of carbonyl (C=O) groups excluding carboxylic acids is 2. The zero-order chi connectivity index (χ0) is 24.5. The molecule has 3 aromatic rings. The first-order valence-corrected chi connectivity index (χ1v) is 12.1. The van der Waals surface area contributed by atoms with Crippen LogP contribution in [0.5, 0.6) is 5.75 Å². The van der Waals surface area contributed by atoms with E-state index in [0.29, 0.717) is 36.4 Å². The van der Waals surface area contributed by atoms with Crippen molar-refractivity contribution in [3.8, 4) is 5.75 Å². The number of piperidine rings is 1. The van der Waals surface area contributed by atoms with E-state index >= 15 is 0 Å². The van der Waals surface area contributed by atoms with Gasteiger partial charge < -0.3 is 20.7 Å². The zero-order valence-electron chi connectivity index (χ0n) is 19.9. The van der Waals surface area contributed by atoms with Crippen molar-refractivity contribution in [2.24, 2.45) is 5.73 Å². The molecule has 35 heavy (non-hydrogen) atoms. The summed E-state index contributed by atoms with van der Waals surface area (Å²) in [6, 6.07) is 25.3. The summed E-state index contributed by atoms with van der Waals surface area (Å²) >= 11 is 0. The Balaban J connectivity index is 1.43. The maximum Gasteiger partial charge on any atom is 0.249 e. The SMILES string of the molecule is NC(=O)c1cc(OCc2ccccc2)ccc1C[CH]C(=O)N(Cc1ccccc1)C1CCNCC1. The third kappa shape index (κ3) is 6.93. The molecule has 1 radical (unpaired) electrons. The zero-order valence-corrected chi connectivity index (χ0v) is 19.9. The number of ether oxygens (including phenoxy) is 1. The first-order chi connectivity index (χ1) is 17.1. The van der Waals surface area contributed by atoms with Crippen LogP contribution in [0, 0.1) is 6.42 Å². The summed E-state index contributed by atoms with van der Waals surface area (Å²) in [5, 5.41) is 3.36. The second-order valence-corrected chi connectivity index (χ2v) is 8.80. The summed E-state index contributed by atoms with van der Waals surface area (Å²) < 4.78 is 5.85. The van der Waals surface area contributed by atoms with Crippen molar-refractivity contribution < 1.29 is 14.3 Å². The summed E-state index contributed by atoms with van der Waals surface area (Å²) in [6.45, 7) is 2.77. The van der Waals surface area contributed by atoms with Crippen molar-refractivity contribution in [1.82, 2.24) is 10.2 Å². The molecule has 0 unspecified atom stereocenters. The Morgan fingerprint density at radius 1 is 0.943 bits per heavy atom. The van der Waals surface area contributed by atoms with E-state index in [2.05, 4.69) is 5.32 Å². The number of benzene rings is 3. The first kappa shape index (κ1) is 24.5. The van der Waals surface area contributed by atoms with E-state index in [1.807, 2.05) is 77.7 Å². The van der Waals surface area contributed by atoms with Crippen LogP contribution in [0.1, 0.15) is 39.9 Å². The van der Waals surface area contributed by atoms with Gasteiger partial charge in [0, 0.05) is 18.2 Å². The van der Waals surface area contributed by atoms with Gasteiger partial charge in [0.1, 0.15) is 12.4 Å². The lowest BCUT2D eigenvalue weighted by Crippen LogP contribution is -2.46. The van der Waals surface area contributed by atoms with Crippen molar-refractivity contribution in [2.75, 3.05) is 13.1 Å². The minimum Gasteiger partial charge on any atom is -0.489 e. The predicted molar refractivity (Wildman–Crippen MR) is 137 cm³/mol. The molecule has 6 nitrogen and oxygen atoms in total. The standard InChI is InChI=1S/C29H32N3O3/c30-29(34)27-19-26(35-21-23-9-5-2-6-10-23)13-11-24(27)12-14-28(33)32(25-15-17-31-18-16-25)20-22-7-3-1-4-8-22/h1-11,13-14,19,25,31H,12,15-18,20-21H2,(H2,30,34). The van der Waals surface area contributed by atoms with Gasteiger partial charge in [-0.3, -0.25) is 9.59 Å². The molecule has 0 atom stereocenters. The molecule has 6 heteroatoms. The number of rotatable bonds is 10. The molecule has 0 bridgehead atoms. The highest BCUT2D eigenvalue weighted by molar-refractivity contribution is 5.95. The van der Waals surface area contributed by atoms with Gasteiger partial charge in [0.25, 0.3) is 0 Å². The van der Waals surface area contributed by atoms with Gasteiger partial charge in [0.05, 0.1) is 6.42 Å². The number of nitrogens with two attached hydrogens (primary N) is 1. The third-order valence-corrected chi connectivity index (χ3v) is 6.32. The number of nitrogens with one attached hydrogen (secondary N) is 1.